The minimum absolute atomic E-state index is 0.127. The first-order chi connectivity index (χ1) is 11.1. The summed E-state index contributed by atoms with van der Waals surface area (Å²) in [4.78, 5) is 23.4. The van der Waals surface area contributed by atoms with Gasteiger partial charge in [0.05, 0.1) is 6.42 Å². The number of rotatable bonds is 7. The van der Waals surface area contributed by atoms with Crippen LogP contribution in [-0.4, -0.2) is 18.4 Å². The topological polar surface area (TPSA) is 58.2 Å². The highest BCUT2D eigenvalue weighted by Gasteiger charge is 2.06. The van der Waals surface area contributed by atoms with Gasteiger partial charge in [-0.25, -0.2) is 4.39 Å². The van der Waals surface area contributed by atoms with Crippen LogP contribution in [0.1, 0.15) is 17.5 Å². The highest BCUT2D eigenvalue weighted by molar-refractivity contribution is 5.80. The van der Waals surface area contributed by atoms with E-state index in [1.54, 1.807) is 18.2 Å². The molecule has 0 aliphatic rings. The summed E-state index contributed by atoms with van der Waals surface area (Å²) in [5.74, 6) is -0.699. The fourth-order valence-corrected chi connectivity index (χ4v) is 2.08. The van der Waals surface area contributed by atoms with Crippen molar-refractivity contribution in [3.8, 4) is 0 Å². The number of carbonyl (C=O) groups excluding carboxylic acids is 2. The van der Waals surface area contributed by atoms with Gasteiger partial charge in [0.1, 0.15) is 5.82 Å². The normalized spacial score (nSPS) is 10.1. The summed E-state index contributed by atoms with van der Waals surface area (Å²) in [7, 11) is 0. The number of benzene rings is 2. The lowest BCUT2D eigenvalue weighted by Crippen LogP contribution is -2.31. The lowest BCUT2D eigenvalue weighted by Gasteiger charge is -2.07. The highest BCUT2D eigenvalue weighted by atomic mass is 19.1. The van der Waals surface area contributed by atoms with E-state index in [1.807, 2.05) is 30.3 Å². The smallest absolute Gasteiger partial charge is 0.224 e. The Bertz CT molecular complexity index is 659. The second-order valence-electron chi connectivity index (χ2n) is 5.13. The lowest BCUT2D eigenvalue weighted by molar-refractivity contribution is -0.122. The Kier molecular flexibility index (Phi) is 6.29. The molecule has 4 nitrogen and oxygen atoms in total. The molecular formula is C18H19FN2O2. The standard InChI is InChI=1S/C18H19FN2O2/c19-16-9-5-4-8-15(16)13-21-17(22)10-11-20-18(23)12-14-6-2-1-3-7-14/h1-9H,10-13H2,(H,20,23)(H,21,22). The summed E-state index contributed by atoms with van der Waals surface area (Å²) in [6.07, 6.45) is 0.451. The molecule has 2 aromatic carbocycles. The largest absolute Gasteiger partial charge is 0.355 e. The molecule has 0 bridgehead atoms. The molecule has 2 rings (SSSR count). The molecule has 0 unspecified atom stereocenters. The van der Waals surface area contributed by atoms with E-state index in [-0.39, 0.29) is 43.6 Å². The molecule has 0 radical (unpaired) electrons. The van der Waals surface area contributed by atoms with Crippen LogP contribution in [0.5, 0.6) is 0 Å². The van der Waals surface area contributed by atoms with Gasteiger partial charge in [0.2, 0.25) is 11.8 Å². The fourth-order valence-electron chi connectivity index (χ4n) is 2.08. The summed E-state index contributed by atoms with van der Waals surface area (Å²) < 4.78 is 13.4. The average molecular weight is 314 g/mol. The van der Waals surface area contributed by atoms with Crippen LogP contribution >= 0.6 is 0 Å². The van der Waals surface area contributed by atoms with Crippen molar-refractivity contribution in [3.63, 3.8) is 0 Å². The molecule has 0 saturated carbocycles. The molecule has 0 aromatic heterocycles. The molecule has 0 fully saturated rings. The molecule has 0 aliphatic heterocycles. The third kappa shape index (κ3) is 5.90. The van der Waals surface area contributed by atoms with Crippen LogP contribution in [0, 0.1) is 5.82 Å². The monoisotopic (exact) mass is 314 g/mol. The minimum atomic E-state index is -0.344. The van der Waals surface area contributed by atoms with Crippen molar-refractivity contribution in [2.75, 3.05) is 6.54 Å². The van der Waals surface area contributed by atoms with Crippen molar-refractivity contribution in [2.45, 2.75) is 19.4 Å². The van der Waals surface area contributed by atoms with Gasteiger partial charge in [0.15, 0.2) is 0 Å². The molecule has 2 amide bonds. The Morgan fingerprint density at radius 2 is 1.57 bits per heavy atom. The predicted molar refractivity (Wildman–Crippen MR) is 86.0 cm³/mol. The molecule has 23 heavy (non-hydrogen) atoms. The van der Waals surface area contributed by atoms with Gasteiger partial charge in [0, 0.05) is 25.1 Å². The van der Waals surface area contributed by atoms with Crippen molar-refractivity contribution in [1.82, 2.24) is 10.6 Å². The Balaban J connectivity index is 1.65. The van der Waals surface area contributed by atoms with Gasteiger partial charge in [-0.1, -0.05) is 48.5 Å². The fraction of sp³-hybridized carbons (Fsp3) is 0.222. The molecule has 5 heteroatoms. The minimum Gasteiger partial charge on any atom is -0.355 e. The van der Waals surface area contributed by atoms with E-state index in [1.165, 1.54) is 6.07 Å². The van der Waals surface area contributed by atoms with Crippen LogP contribution in [0.25, 0.3) is 0 Å². The van der Waals surface area contributed by atoms with Gasteiger partial charge >= 0.3 is 0 Å². The van der Waals surface area contributed by atoms with E-state index >= 15 is 0 Å². The van der Waals surface area contributed by atoms with E-state index in [0.29, 0.717) is 5.56 Å². The summed E-state index contributed by atoms with van der Waals surface area (Å²) in [6, 6.07) is 15.7. The number of hydrogen-bond acceptors (Lipinski definition) is 2. The van der Waals surface area contributed by atoms with Crippen molar-refractivity contribution < 1.29 is 14.0 Å². The SMILES string of the molecule is O=C(CCNC(=O)Cc1ccccc1)NCc1ccccc1F. The van der Waals surface area contributed by atoms with E-state index < -0.39 is 0 Å². The second kappa shape index (κ2) is 8.68. The average Bonchev–Trinajstić information content (AvgIpc) is 2.55. The summed E-state index contributed by atoms with van der Waals surface area (Å²) >= 11 is 0. The zero-order valence-electron chi connectivity index (χ0n) is 12.7. The van der Waals surface area contributed by atoms with E-state index in [2.05, 4.69) is 10.6 Å². The number of carbonyl (C=O) groups is 2. The van der Waals surface area contributed by atoms with Crippen LogP contribution in [-0.2, 0) is 22.6 Å². The van der Waals surface area contributed by atoms with Crippen LogP contribution in [0.15, 0.2) is 54.6 Å². The van der Waals surface area contributed by atoms with Crippen molar-refractivity contribution >= 4 is 11.8 Å². The zero-order valence-corrected chi connectivity index (χ0v) is 12.7. The Morgan fingerprint density at radius 3 is 2.30 bits per heavy atom. The summed E-state index contributed by atoms with van der Waals surface area (Å²) in [5, 5.41) is 5.33. The van der Waals surface area contributed by atoms with Gasteiger partial charge < -0.3 is 10.6 Å². The van der Waals surface area contributed by atoms with Crippen LogP contribution in [0.4, 0.5) is 4.39 Å². The number of nitrogens with one attached hydrogen (secondary N) is 2. The molecule has 120 valence electrons. The Labute approximate surface area is 134 Å². The van der Waals surface area contributed by atoms with E-state index in [0.717, 1.165) is 5.56 Å². The van der Waals surface area contributed by atoms with E-state index in [9.17, 15) is 14.0 Å². The maximum atomic E-state index is 13.4. The first kappa shape index (κ1) is 16.7. The lowest BCUT2D eigenvalue weighted by atomic mass is 10.1. The Morgan fingerprint density at radius 1 is 0.870 bits per heavy atom. The van der Waals surface area contributed by atoms with Crippen LogP contribution in [0.2, 0.25) is 0 Å². The summed E-state index contributed by atoms with van der Waals surface area (Å²) in [6.45, 7) is 0.401. The van der Waals surface area contributed by atoms with Crippen molar-refractivity contribution in [1.29, 1.82) is 0 Å². The molecule has 2 N–H and O–H groups in total. The first-order valence-corrected chi connectivity index (χ1v) is 7.46. The van der Waals surface area contributed by atoms with Gasteiger partial charge in [0.25, 0.3) is 0 Å². The summed E-state index contributed by atoms with van der Waals surface area (Å²) in [5.41, 5.74) is 1.36. The third-order valence-corrected chi connectivity index (χ3v) is 3.32. The molecule has 2 aromatic rings. The number of hydrogen-bond donors (Lipinski definition) is 2. The van der Waals surface area contributed by atoms with E-state index in [4.69, 9.17) is 0 Å². The van der Waals surface area contributed by atoms with Gasteiger partial charge in [-0.2, -0.15) is 0 Å². The second-order valence-corrected chi connectivity index (χ2v) is 5.13. The molecular weight excluding hydrogens is 295 g/mol. The van der Waals surface area contributed by atoms with Crippen molar-refractivity contribution in [2.24, 2.45) is 0 Å². The molecule has 0 atom stereocenters. The van der Waals surface area contributed by atoms with Gasteiger partial charge in [-0.3, -0.25) is 9.59 Å². The maximum absolute atomic E-state index is 13.4. The number of amides is 2. The number of halogens is 1. The highest BCUT2D eigenvalue weighted by Crippen LogP contribution is 2.05. The quantitative estimate of drug-likeness (QED) is 0.823. The molecule has 0 saturated heterocycles. The van der Waals surface area contributed by atoms with Gasteiger partial charge in [-0.15, -0.1) is 0 Å². The maximum Gasteiger partial charge on any atom is 0.224 e. The van der Waals surface area contributed by atoms with Crippen LogP contribution < -0.4 is 10.6 Å². The molecule has 0 aliphatic carbocycles. The third-order valence-electron chi connectivity index (χ3n) is 3.32. The van der Waals surface area contributed by atoms with Crippen molar-refractivity contribution in [3.05, 3.63) is 71.5 Å². The van der Waals surface area contributed by atoms with Crippen LogP contribution in [0.3, 0.4) is 0 Å². The molecule has 0 spiro atoms. The first-order valence-electron chi connectivity index (χ1n) is 7.46. The molecule has 0 heterocycles. The zero-order chi connectivity index (χ0) is 16.5. The van der Waals surface area contributed by atoms with Gasteiger partial charge in [-0.05, 0) is 11.6 Å². The Hall–Kier alpha value is -2.69. The predicted octanol–water partition coefficient (Wildman–Crippen LogP) is 2.19.